The molecular weight excluding hydrogens is 318 g/mol. The van der Waals surface area contributed by atoms with Crippen LogP contribution >= 0.6 is 11.6 Å². The lowest BCUT2D eigenvalue weighted by molar-refractivity contribution is -0.138. The third-order valence-electron chi connectivity index (χ3n) is 2.71. The van der Waals surface area contributed by atoms with Crippen molar-refractivity contribution in [2.75, 3.05) is 7.11 Å². The summed E-state index contributed by atoms with van der Waals surface area (Å²) >= 11 is 5.56. The molecule has 2 N–H and O–H groups in total. The van der Waals surface area contributed by atoms with Crippen LogP contribution in [0.15, 0.2) is 34.7 Å². The second-order valence-electron chi connectivity index (χ2n) is 4.36. The number of rotatable bonds is 7. The topological polar surface area (TPSA) is 92.7 Å². The average molecular weight is 334 g/mol. The molecule has 1 aromatic rings. The van der Waals surface area contributed by atoms with Crippen LogP contribution in [0.3, 0.4) is 0 Å². The van der Waals surface area contributed by atoms with Crippen molar-refractivity contribution in [2.24, 2.45) is 0 Å². The number of nitrogens with one attached hydrogen (secondary N) is 1. The molecule has 1 unspecified atom stereocenters. The van der Waals surface area contributed by atoms with Crippen LogP contribution in [0.25, 0.3) is 0 Å². The molecule has 116 valence electrons. The van der Waals surface area contributed by atoms with Gasteiger partial charge in [0.25, 0.3) is 0 Å². The number of carboxylic acid groups (broad SMARTS) is 1. The highest BCUT2D eigenvalue weighted by molar-refractivity contribution is 7.89. The van der Waals surface area contributed by atoms with Crippen LogP contribution in [0.1, 0.15) is 12.0 Å². The van der Waals surface area contributed by atoms with Gasteiger partial charge in [0.1, 0.15) is 11.8 Å². The Bertz CT molecular complexity index is 657. The van der Waals surface area contributed by atoms with Crippen molar-refractivity contribution in [1.29, 1.82) is 0 Å². The third-order valence-corrected chi connectivity index (χ3v) is 4.47. The van der Waals surface area contributed by atoms with E-state index in [1.165, 1.54) is 13.2 Å². The van der Waals surface area contributed by atoms with Crippen molar-refractivity contribution < 1.29 is 23.1 Å². The van der Waals surface area contributed by atoms with E-state index in [1.54, 1.807) is 19.1 Å². The minimum absolute atomic E-state index is 0.0479. The molecule has 0 saturated heterocycles. The quantitative estimate of drug-likeness (QED) is 0.794. The van der Waals surface area contributed by atoms with Gasteiger partial charge in [-0.15, -0.1) is 0 Å². The zero-order valence-corrected chi connectivity index (χ0v) is 13.2. The Balaban J connectivity index is 3.15. The minimum atomic E-state index is -4.02. The summed E-state index contributed by atoms with van der Waals surface area (Å²) in [5.41, 5.74) is 0.470. The van der Waals surface area contributed by atoms with E-state index >= 15 is 0 Å². The van der Waals surface area contributed by atoms with E-state index in [-0.39, 0.29) is 16.3 Å². The van der Waals surface area contributed by atoms with Gasteiger partial charge >= 0.3 is 5.97 Å². The normalized spacial score (nSPS) is 12.7. The van der Waals surface area contributed by atoms with Gasteiger partial charge in [0, 0.05) is 17.5 Å². The average Bonchev–Trinajstić information content (AvgIpc) is 2.37. The smallest absolute Gasteiger partial charge is 0.322 e. The first-order chi connectivity index (χ1) is 9.67. The number of carboxylic acids is 1. The van der Waals surface area contributed by atoms with E-state index in [0.717, 1.165) is 0 Å². The van der Waals surface area contributed by atoms with Gasteiger partial charge in [-0.1, -0.05) is 24.2 Å². The molecule has 0 amide bonds. The molecule has 0 saturated carbocycles. The first kappa shape index (κ1) is 17.5. The Morgan fingerprint density at radius 1 is 1.52 bits per heavy atom. The molecule has 1 atom stereocenters. The largest absolute Gasteiger partial charge is 0.497 e. The molecule has 0 heterocycles. The van der Waals surface area contributed by atoms with Gasteiger partial charge in [-0.3, -0.25) is 4.79 Å². The van der Waals surface area contributed by atoms with E-state index in [0.29, 0.717) is 11.3 Å². The lowest BCUT2D eigenvalue weighted by Crippen LogP contribution is -2.40. The molecule has 1 aromatic carbocycles. The molecule has 0 bridgehead atoms. The summed E-state index contributed by atoms with van der Waals surface area (Å²) in [6.45, 7) is 4.97. The van der Waals surface area contributed by atoms with Crippen molar-refractivity contribution in [2.45, 2.75) is 24.3 Å². The van der Waals surface area contributed by atoms with Crippen molar-refractivity contribution in [1.82, 2.24) is 4.72 Å². The van der Waals surface area contributed by atoms with Crippen molar-refractivity contribution >= 4 is 27.6 Å². The molecule has 0 aliphatic heterocycles. The predicted molar refractivity (Wildman–Crippen MR) is 79.1 cm³/mol. The molecule has 0 aromatic heterocycles. The molecule has 0 fully saturated rings. The monoisotopic (exact) mass is 333 g/mol. The number of sulfonamides is 1. The second-order valence-corrected chi connectivity index (χ2v) is 6.58. The van der Waals surface area contributed by atoms with Crippen LogP contribution in [0, 0.1) is 6.92 Å². The number of hydrogen-bond donors (Lipinski definition) is 2. The number of aryl methyl sites for hydroxylation is 1. The summed E-state index contributed by atoms with van der Waals surface area (Å²) in [6, 6.07) is 3.13. The molecule has 8 heteroatoms. The van der Waals surface area contributed by atoms with Gasteiger partial charge in [-0.05, 0) is 18.6 Å². The van der Waals surface area contributed by atoms with E-state index in [4.69, 9.17) is 21.4 Å². The first-order valence-corrected chi connectivity index (χ1v) is 7.76. The second kappa shape index (κ2) is 6.93. The Kier molecular flexibility index (Phi) is 5.77. The maximum Gasteiger partial charge on any atom is 0.322 e. The summed E-state index contributed by atoms with van der Waals surface area (Å²) in [5.74, 6) is -0.976. The number of methoxy groups -OCH3 is 1. The summed E-state index contributed by atoms with van der Waals surface area (Å²) in [4.78, 5) is 11.1. The molecule has 1 rings (SSSR count). The standard InChI is InChI=1S/C13H16ClNO5S/c1-8-4-5-10(20-3)7-12(8)21(18,19)15-11(13(16)17)6-9(2)14/h4-5,7,11,15H,2,6H2,1,3H3,(H,16,17). The fourth-order valence-corrected chi connectivity index (χ4v) is 3.25. The summed E-state index contributed by atoms with van der Waals surface area (Å²) in [7, 11) is -2.62. The zero-order valence-electron chi connectivity index (χ0n) is 11.6. The van der Waals surface area contributed by atoms with Crippen LogP contribution in [-0.2, 0) is 14.8 Å². The number of carbonyl (C=O) groups is 1. The molecule has 0 radical (unpaired) electrons. The molecule has 0 aliphatic rings. The van der Waals surface area contributed by atoms with Crippen molar-refractivity contribution in [3.63, 3.8) is 0 Å². The van der Waals surface area contributed by atoms with E-state index in [2.05, 4.69) is 11.3 Å². The van der Waals surface area contributed by atoms with Crippen LogP contribution in [-0.4, -0.2) is 32.6 Å². The number of benzene rings is 1. The van der Waals surface area contributed by atoms with E-state index in [9.17, 15) is 13.2 Å². The van der Waals surface area contributed by atoms with E-state index < -0.39 is 22.0 Å². The molecule has 6 nitrogen and oxygen atoms in total. The maximum absolute atomic E-state index is 12.3. The summed E-state index contributed by atoms with van der Waals surface area (Å²) < 4.78 is 31.7. The van der Waals surface area contributed by atoms with Gasteiger partial charge in [0.2, 0.25) is 10.0 Å². The fourth-order valence-electron chi connectivity index (χ4n) is 1.65. The van der Waals surface area contributed by atoms with Crippen molar-refractivity contribution in [3.05, 3.63) is 35.4 Å². The maximum atomic E-state index is 12.3. The SMILES string of the molecule is C=C(Cl)CC(NS(=O)(=O)c1cc(OC)ccc1C)C(=O)O. The Morgan fingerprint density at radius 3 is 2.62 bits per heavy atom. The van der Waals surface area contributed by atoms with Crippen LogP contribution in [0.4, 0.5) is 0 Å². The molecule has 21 heavy (non-hydrogen) atoms. The number of hydrogen-bond acceptors (Lipinski definition) is 4. The van der Waals surface area contributed by atoms with Crippen LogP contribution in [0.5, 0.6) is 5.75 Å². The predicted octanol–water partition coefficient (Wildman–Crippen LogP) is 1.88. The first-order valence-electron chi connectivity index (χ1n) is 5.90. The van der Waals surface area contributed by atoms with Crippen molar-refractivity contribution in [3.8, 4) is 5.75 Å². The Labute approximate surface area is 128 Å². The van der Waals surface area contributed by atoms with Crippen LogP contribution in [0.2, 0.25) is 0 Å². The van der Waals surface area contributed by atoms with Gasteiger partial charge in [-0.2, -0.15) is 4.72 Å². The lowest BCUT2D eigenvalue weighted by atomic mass is 10.2. The number of aliphatic carboxylic acids is 1. The summed E-state index contributed by atoms with van der Waals surface area (Å²) in [6.07, 6.45) is -0.209. The van der Waals surface area contributed by atoms with Gasteiger partial charge in [-0.25, -0.2) is 8.42 Å². The summed E-state index contributed by atoms with van der Waals surface area (Å²) in [5, 5.41) is 9.10. The number of ether oxygens (including phenoxy) is 1. The third kappa shape index (κ3) is 4.73. The number of halogens is 1. The van der Waals surface area contributed by atoms with Crippen LogP contribution < -0.4 is 9.46 Å². The molecule has 0 spiro atoms. The molecular formula is C13H16ClNO5S. The zero-order chi connectivity index (χ0) is 16.2. The molecule has 0 aliphatic carbocycles. The minimum Gasteiger partial charge on any atom is -0.497 e. The lowest BCUT2D eigenvalue weighted by Gasteiger charge is -2.16. The van der Waals surface area contributed by atoms with Gasteiger partial charge in [0.15, 0.2) is 0 Å². The van der Waals surface area contributed by atoms with E-state index in [1.807, 2.05) is 0 Å². The van der Waals surface area contributed by atoms with Gasteiger partial charge < -0.3 is 9.84 Å². The Hall–Kier alpha value is -1.57. The highest BCUT2D eigenvalue weighted by Crippen LogP contribution is 2.22. The van der Waals surface area contributed by atoms with Gasteiger partial charge in [0.05, 0.1) is 12.0 Å². The fraction of sp³-hybridized carbons (Fsp3) is 0.308. The highest BCUT2D eigenvalue weighted by atomic mass is 35.5. The Morgan fingerprint density at radius 2 is 2.14 bits per heavy atom. The highest BCUT2D eigenvalue weighted by Gasteiger charge is 2.27.